The van der Waals surface area contributed by atoms with E-state index >= 15 is 0 Å². The molecule has 11 heteroatoms. The molecule has 0 saturated heterocycles. The van der Waals surface area contributed by atoms with Crippen molar-refractivity contribution in [2.24, 2.45) is 0 Å². The Balaban J connectivity index is 0.000000154. The summed E-state index contributed by atoms with van der Waals surface area (Å²) in [7, 11) is 0. The van der Waals surface area contributed by atoms with E-state index in [1.54, 1.807) is 0 Å². The average Bonchev–Trinajstić information content (AvgIpc) is 0.756. The first kappa shape index (κ1) is 70.6. The van der Waals surface area contributed by atoms with Gasteiger partial charge in [0.15, 0.2) is 23.3 Å². The van der Waals surface area contributed by atoms with E-state index < -0.39 is 0 Å². The Morgan fingerprint density at radius 1 is 0.217 bits per heavy atom. The minimum absolute atomic E-state index is 0.00174. The van der Waals surface area contributed by atoms with Crippen molar-refractivity contribution in [3.8, 4) is 135 Å². The second kappa shape index (κ2) is 29.8. The minimum Gasteiger partial charge on any atom is -0.264 e. The second-order valence-electron chi connectivity index (χ2n) is 30.4. The molecule has 0 aliphatic carbocycles. The van der Waals surface area contributed by atoms with E-state index in [2.05, 4.69) is 318 Å². The van der Waals surface area contributed by atoms with Crippen molar-refractivity contribution in [1.29, 1.82) is 0 Å². The molecule has 0 fully saturated rings. The Labute approximate surface area is 666 Å². The molecule has 20 aromatic rings. The molecule has 0 N–H and O–H groups in total. The molecule has 0 spiro atoms. The lowest BCUT2D eigenvalue weighted by Crippen LogP contribution is -2.12. The summed E-state index contributed by atoms with van der Waals surface area (Å²) in [5.41, 5.74) is 28.5. The zero-order valence-electron chi connectivity index (χ0n) is 64.3. The summed E-state index contributed by atoms with van der Waals surface area (Å²) in [5.74, 6) is 2.53. The number of aryl methyl sites for hydroxylation is 3. The predicted molar refractivity (Wildman–Crippen MR) is 472 cm³/mol. The van der Waals surface area contributed by atoms with Crippen molar-refractivity contribution in [3.63, 3.8) is 0 Å². The molecular formula is C104H75N11. The fraction of sp³-hybridized carbons (Fsp3) is 0.0673. The Morgan fingerprint density at radius 2 is 0.635 bits per heavy atom. The third kappa shape index (κ3) is 14.2. The van der Waals surface area contributed by atoms with Crippen molar-refractivity contribution in [2.45, 2.75) is 47.0 Å². The molecule has 0 aliphatic heterocycles. The van der Waals surface area contributed by atoms with Gasteiger partial charge in [-0.2, -0.15) is 0 Å². The van der Waals surface area contributed by atoms with Gasteiger partial charge in [0.05, 0.1) is 44.8 Å². The lowest BCUT2D eigenvalue weighted by Gasteiger charge is -2.22. The van der Waals surface area contributed by atoms with Crippen molar-refractivity contribution in [3.05, 3.63) is 369 Å². The number of pyridine rings is 6. The third-order valence-electron chi connectivity index (χ3n) is 21.5. The van der Waals surface area contributed by atoms with Gasteiger partial charge in [0.25, 0.3) is 0 Å². The fourth-order valence-corrected chi connectivity index (χ4v) is 15.7. The topological polar surface area (TPSA) is 142 Å². The van der Waals surface area contributed by atoms with Gasteiger partial charge in [0, 0.05) is 113 Å². The van der Waals surface area contributed by atoms with Gasteiger partial charge in [-0.25, -0.2) is 34.9 Å². The number of rotatable bonds is 12. The lowest BCUT2D eigenvalue weighted by molar-refractivity contribution is 0.594. The smallest absolute Gasteiger partial charge is 0.164 e. The van der Waals surface area contributed by atoms with Gasteiger partial charge in [-0.3, -0.25) is 19.9 Å². The van der Waals surface area contributed by atoms with Crippen LogP contribution in [-0.2, 0) is 5.41 Å². The summed E-state index contributed by atoms with van der Waals surface area (Å²) in [6.45, 7) is 13.0. The summed E-state index contributed by atoms with van der Waals surface area (Å²) < 4.78 is 0. The van der Waals surface area contributed by atoms with Gasteiger partial charge in [0.2, 0.25) is 0 Å². The molecule has 0 aliphatic rings. The molecule has 8 aromatic heterocycles. The molecular weight excluding hydrogens is 1400 g/mol. The van der Waals surface area contributed by atoms with Crippen LogP contribution in [0.25, 0.3) is 200 Å². The van der Waals surface area contributed by atoms with Crippen LogP contribution in [0.2, 0.25) is 0 Å². The highest BCUT2D eigenvalue weighted by Gasteiger charge is 2.22. The molecule has 0 radical (unpaired) electrons. The van der Waals surface area contributed by atoms with Crippen LogP contribution in [0.5, 0.6) is 0 Å². The molecule has 0 amide bonds. The van der Waals surface area contributed by atoms with E-state index in [0.717, 1.165) is 188 Å². The van der Waals surface area contributed by atoms with Gasteiger partial charge in [0.1, 0.15) is 0 Å². The number of aromatic nitrogens is 11. The maximum absolute atomic E-state index is 5.20. The molecule has 8 heterocycles. The number of hydrogen-bond acceptors (Lipinski definition) is 11. The zero-order valence-corrected chi connectivity index (χ0v) is 64.3. The van der Waals surface area contributed by atoms with Gasteiger partial charge in [-0.1, -0.05) is 276 Å². The van der Waals surface area contributed by atoms with Gasteiger partial charge >= 0.3 is 0 Å². The Morgan fingerprint density at radius 3 is 1.24 bits per heavy atom. The number of hydrogen-bond donors (Lipinski definition) is 0. The zero-order chi connectivity index (χ0) is 77.7. The summed E-state index contributed by atoms with van der Waals surface area (Å²) in [6.07, 6.45) is 7.52. The highest BCUT2D eigenvalue weighted by atomic mass is 15.0. The Hall–Kier alpha value is -14.8. The minimum atomic E-state index is -0.00174. The molecule has 0 unspecified atom stereocenters. The summed E-state index contributed by atoms with van der Waals surface area (Å²) in [6, 6.07) is 112. The molecule has 546 valence electrons. The fourth-order valence-electron chi connectivity index (χ4n) is 15.7. The molecule has 115 heavy (non-hydrogen) atoms. The number of fused-ring (bicyclic) bond motifs is 8. The van der Waals surface area contributed by atoms with E-state index in [1.807, 2.05) is 80.2 Å². The summed E-state index contributed by atoms with van der Waals surface area (Å²) in [4.78, 5) is 54.4. The SMILES string of the molecule is Cc1cc(C(C)(C)C)c2ccc3ccc(-c4ccc(-c5ccc(-c6cc(-c7cccc(-c8cccc9ccncc89)c7)nc(-c7ccccc7)n6)cc5)cc4)nc3c2n1.Cc1cc(C)c2ccc3ccc(-c4cccc(-c5cccc(-c6nc(-c7ccccc7)nc(-c7cccc(-c8cccc9cnccc89)c7)n6)c5)c4)nc3c2n1. The van der Waals surface area contributed by atoms with Crippen LogP contribution in [0.3, 0.4) is 0 Å². The van der Waals surface area contributed by atoms with Gasteiger partial charge in [-0.05, 0) is 159 Å². The van der Waals surface area contributed by atoms with Crippen molar-refractivity contribution < 1.29 is 0 Å². The summed E-state index contributed by atoms with van der Waals surface area (Å²) >= 11 is 0. The summed E-state index contributed by atoms with van der Waals surface area (Å²) in [5, 5.41) is 8.99. The van der Waals surface area contributed by atoms with Crippen molar-refractivity contribution in [2.75, 3.05) is 0 Å². The second-order valence-corrected chi connectivity index (χ2v) is 30.4. The number of benzene rings is 12. The molecule has 0 saturated carbocycles. The van der Waals surface area contributed by atoms with E-state index in [-0.39, 0.29) is 5.41 Å². The average molecular weight is 1480 g/mol. The molecule has 0 atom stereocenters. The van der Waals surface area contributed by atoms with Crippen LogP contribution in [0.1, 0.15) is 43.3 Å². The van der Waals surface area contributed by atoms with Gasteiger partial charge in [-0.15, -0.1) is 0 Å². The number of nitrogens with zero attached hydrogens (tertiary/aromatic N) is 11. The highest BCUT2D eigenvalue weighted by Crippen LogP contribution is 2.40. The molecule has 11 nitrogen and oxygen atoms in total. The lowest BCUT2D eigenvalue weighted by atomic mass is 9.84. The monoisotopic (exact) mass is 1480 g/mol. The molecule has 12 aromatic carbocycles. The van der Waals surface area contributed by atoms with Crippen LogP contribution in [0.15, 0.2) is 346 Å². The van der Waals surface area contributed by atoms with Crippen LogP contribution in [-0.4, -0.2) is 54.8 Å². The van der Waals surface area contributed by atoms with E-state index in [9.17, 15) is 0 Å². The molecule has 0 bridgehead atoms. The van der Waals surface area contributed by atoms with Crippen molar-refractivity contribution in [1.82, 2.24) is 54.8 Å². The third-order valence-corrected chi connectivity index (χ3v) is 21.5. The first-order valence-corrected chi connectivity index (χ1v) is 38.7. The standard InChI is InChI=1S/C54H41N5.C50H34N6/c1-34-30-47(54(2,3)4)45-26-24-40-25-27-48(57-51(40)52(45)56-34)38-20-16-35(17-21-38)36-18-22-39(23-19-36)49-32-50(59-53(58-49)41-10-6-5-7-11-41)43-14-8-13-42(31-43)44-15-9-12-37-28-29-55-33-46(37)44;1-31-26-32(2)52-47-42(31)22-20-33-21-23-45(53-46(33)47)38-15-6-12-35(27-38)36-13-7-16-39(28-36)49-54-48(34-10-4-3-5-11-34)55-50(56-49)40-17-8-14-37(29-40)43-19-9-18-41-30-51-25-24-44(41)43/h5-33H,1-4H3;3-30H,1-2H3. The first-order valence-electron chi connectivity index (χ1n) is 38.7. The van der Waals surface area contributed by atoms with Crippen LogP contribution in [0.4, 0.5) is 0 Å². The van der Waals surface area contributed by atoms with Crippen LogP contribution < -0.4 is 0 Å². The highest BCUT2D eigenvalue weighted by molar-refractivity contribution is 6.07. The maximum Gasteiger partial charge on any atom is 0.164 e. The maximum atomic E-state index is 5.20. The quantitative estimate of drug-likeness (QED) is 0.108. The Kier molecular flexibility index (Phi) is 18.3. The van der Waals surface area contributed by atoms with E-state index in [0.29, 0.717) is 23.3 Å². The van der Waals surface area contributed by atoms with Gasteiger partial charge < -0.3 is 0 Å². The van der Waals surface area contributed by atoms with Crippen molar-refractivity contribution >= 4 is 65.2 Å². The van der Waals surface area contributed by atoms with Crippen LogP contribution in [0, 0.1) is 20.8 Å². The largest absolute Gasteiger partial charge is 0.264 e. The predicted octanol–water partition coefficient (Wildman–Crippen LogP) is 25.9. The molecule has 20 rings (SSSR count). The van der Waals surface area contributed by atoms with E-state index in [1.165, 1.54) is 11.1 Å². The van der Waals surface area contributed by atoms with E-state index in [4.69, 9.17) is 44.9 Å². The first-order chi connectivity index (χ1) is 56.3. The Bertz CT molecular complexity index is 7150. The normalized spacial score (nSPS) is 11.6. The van der Waals surface area contributed by atoms with Crippen LogP contribution >= 0.6 is 0 Å².